The highest BCUT2D eigenvalue weighted by atomic mass is 79.9. The second-order valence-corrected chi connectivity index (χ2v) is 5.52. The minimum atomic E-state index is 0.427. The van der Waals surface area contributed by atoms with Gasteiger partial charge in [-0.3, -0.25) is 4.68 Å². The van der Waals surface area contributed by atoms with E-state index in [1.54, 1.807) is 4.68 Å². The Balaban J connectivity index is 2.01. The number of hydrogen-bond donors (Lipinski definition) is 1. The third-order valence-corrected chi connectivity index (χ3v) is 3.28. The van der Waals surface area contributed by atoms with Gasteiger partial charge >= 0.3 is 0 Å². The Labute approximate surface area is 127 Å². The molecule has 2 rings (SSSR count). The van der Waals surface area contributed by atoms with Gasteiger partial charge in [0.15, 0.2) is 0 Å². The summed E-state index contributed by atoms with van der Waals surface area (Å²) in [5, 5.41) is 11.3. The SMILES string of the molecule is CCCNCc1cc(Br)ccc1OCc1cn(C)nn1. The second-order valence-electron chi connectivity index (χ2n) is 4.60. The molecule has 5 nitrogen and oxygen atoms in total. The number of ether oxygens (including phenoxy) is 1. The molecule has 0 spiro atoms. The molecule has 108 valence electrons. The van der Waals surface area contributed by atoms with Gasteiger partial charge in [0.05, 0.1) is 6.20 Å². The second kappa shape index (κ2) is 7.40. The molecule has 0 saturated carbocycles. The molecule has 6 heteroatoms. The number of aromatic nitrogens is 3. The van der Waals surface area contributed by atoms with Gasteiger partial charge < -0.3 is 10.1 Å². The van der Waals surface area contributed by atoms with E-state index in [0.29, 0.717) is 6.61 Å². The highest BCUT2D eigenvalue weighted by molar-refractivity contribution is 9.10. The van der Waals surface area contributed by atoms with Crippen LogP contribution in [0.5, 0.6) is 5.75 Å². The van der Waals surface area contributed by atoms with E-state index in [2.05, 4.69) is 44.5 Å². The average Bonchev–Trinajstić information content (AvgIpc) is 2.84. The van der Waals surface area contributed by atoms with E-state index in [1.807, 2.05) is 25.4 Å². The zero-order valence-corrected chi connectivity index (χ0v) is 13.4. The molecule has 0 aliphatic heterocycles. The molecule has 0 unspecified atom stereocenters. The van der Waals surface area contributed by atoms with E-state index in [4.69, 9.17) is 4.74 Å². The molecule has 20 heavy (non-hydrogen) atoms. The zero-order valence-electron chi connectivity index (χ0n) is 11.8. The van der Waals surface area contributed by atoms with E-state index >= 15 is 0 Å². The zero-order chi connectivity index (χ0) is 14.4. The topological polar surface area (TPSA) is 52.0 Å². The van der Waals surface area contributed by atoms with Gasteiger partial charge in [-0.2, -0.15) is 0 Å². The van der Waals surface area contributed by atoms with Crippen LogP contribution < -0.4 is 10.1 Å². The molecule has 1 aromatic heterocycles. The van der Waals surface area contributed by atoms with Crippen LogP contribution in [-0.4, -0.2) is 21.5 Å². The van der Waals surface area contributed by atoms with Crippen LogP contribution in [0.15, 0.2) is 28.9 Å². The molecule has 0 fully saturated rings. The molecule has 1 aromatic carbocycles. The molecule has 0 saturated heterocycles. The molecule has 1 heterocycles. The van der Waals surface area contributed by atoms with Crippen molar-refractivity contribution in [1.82, 2.24) is 20.3 Å². The van der Waals surface area contributed by atoms with Crippen LogP contribution in [-0.2, 0) is 20.2 Å². The number of nitrogens with zero attached hydrogens (tertiary/aromatic N) is 3. The fourth-order valence-electron chi connectivity index (χ4n) is 1.84. The first-order valence-electron chi connectivity index (χ1n) is 6.66. The molecule has 2 aromatic rings. The fourth-order valence-corrected chi connectivity index (χ4v) is 2.25. The highest BCUT2D eigenvalue weighted by Gasteiger charge is 2.06. The van der Waals surface area contributed by atoms with Crippen molar-refractivity contribution in [3.8, 4) is 5.75 Å². The van der Waals surface area contributed by atoms with Crippen molar-refractivity contribution < 1.29 is 4.74 Å². The Morgan fingerprint density at radius 1 is 1.40 bits per heavy atom. The van der Waals surface area contributed by atoms with Crippen LogP contribution in [0, 0.1) is 0 Å². The number of nitrogens with one attached hydrogen (secondary N) is 1. The van der Waals surface area contributed by atoms with Crippen molar-refractivity contribution >= 4 is 15.9 Å². The maximum atomic E-state index is 5.85. The third-order valence-electron chi connectivity index (χ3n) is 2.79. The first-order valence-corrected chi connectivity index (χ1v) is 7.45. The Morgan fingerprint density at radius 3 is 2.95 bits per heavy atom. The smallest absolute Gasteiger partial charge is 0.134 e. The van der Waals surface area contributed by atoms with Gasteiger partial charge in [0, 0.05) is 23.6 Å². The lowest BCUT2D eigenvalue weighted by Gasteiger charge is -2.11. The molecule has 0 radical (unpaired) electrons. The highest BCUT2D eigenvalue weighted by Crippen LogP contribution is 2.24. The summed E-state index contributed by atoms with van der Waals surface area (Å²) in [7, 11) is 1.84. The van der Waals surface area contributed by atoms with Gasteiger partial charge in [0.2, 0.25) is 0 Å². The maximum absolute atomic E-state index is 5.85. The molecular formula is C14H19BrN4O. The molecule has 0 aliphatic carbocycles. The maximum Gasteiger partial charge on any atom is 0.134 e. The van der Waals surface area contributed by atoms with Crippen molar-refractivity contribution in [2.24, 2.45) is 7.05 Å². The summed E-state index contributed by atoms with van der Waals surface area (Å²) in [6.07, 6.45) is 2.97. The van der Waals surface area contributed by atoms with Crippen molar-refractivity contribution in [1.29, 1.82) is 0 Å². The monoisotopic (exact) mass is 338 g/mol. The Morgan fingerprint density at radius 2 is 2.25 bits per heavy atom. The number of halogens is 1. The molecule has 0 amide bonds. The minimum Gasteiger partial charge on any atom is -0.487 e. The van der Waals surface area contributed by atoms with Crippen LogP contribution >= 0.6 is 15.9 Å². The van der Waals surface area contributed by atoms with Crippen LogP contribution in [0.4, 0.5) is 0 Å². The van der Waals surface area contributed by atoms with E-state index < -0.39 is 0 Å². The van der Waals surface area contributed by atoms with E-state index in [-0.39, 0.29) is 0 Å². The summed E-state index contributed by atoms with van der Waals surface area (Å²) in [5.41, 5.74) is 1.96. The summed E-state index contributed by atoms with van der Waals surface area (Å²) >= 11 is 3.50. The summed E-state index contributed by atoms with van der Waals surface area (Å²) in [4.78, 5) is 0. The van der Waals surface area contributed by atoms with Gasteiger partial charge in [-0.25, -0.2) is 0 Å². The number of rotatable bonds is 7. The molecular weight excluding hydrogens is 320 g/mol. The lowest BCUT2D eigenvalue weighted by Crippen LogP contribution is -2.14. The summed E-state index contributed by atoms with van der Waals surface area (Å²) in [6.45, 7) is 4.37. The normalized spacial score (nSPS) is 10.8. The molecule has 0 atom stereocenters. The lowest BCUT2D eigenvalue weighted by molar-refractivity contribution is 0.297. The average molecular weight is 339 g/mol. The van der Waals surface area contributed by atoms with Gasteiger partial charge in [0.25, 0.3) is 0 Å². The molecule has 1 N–H and O–H groups in total. The third kappa shape index (κ3) is 4.31. The summed E-state index contributed by atoms with van der Waals surface area (Å²) < 4.78 is 8.57. The van der Waals surface area contributed by atoms with Crippen LogP contribution in [0.25, 0.3) is 0 Å². The van der Waals surface area contributed by atoms with Crippen molar-refractivity contribution in [3.05, 3.63) is 40.1 Å². The fraction of sp³-hybridized carbons (Fsp3) is 0.429. The summed E-state index contributed by atoms with van der Waals surface area (Å²) in [6, 6.07) is 6.04. The van der Waals surface area contributed by atoms with Crippen LogP contribution in [0.1, 0.15) is 24.6 Å². The number of hydrogen-bond acceptors (Lipinski definition) is 4. The molecule has 0 aliphatic rings. The van der Waals surface area contributed by atoms with Gasteiger partial charge in [-0.15, -0.1) is 5.10 Å². The quantitative estimate of drug-likeness (QED) is 0.788. The van der Waals surface area contributed by atoms with E-state index in [1.165, 1.54) is 0 Å². The van der Waals surface area contributed by atoms with Crippen molar-refractivity contribution in [2.75, 3.05) is 6.54 Å². The Bertz CT molecular complexity index is 556. The number of aryl methyl sites for hydroxylation is 1. The predicted molar refractivity (Wildman–Crippen MR) is 81.5 cm³/mol. The Kier molecular flexibility index (Phi) is 5.55. The van der Waals surface area contributed by atoms with E-state index in [9.17, 15) is 0 Å². The van der Waals surface area contributed by atoms with Gasteiger partial charge in [-0.05, 0) is 31.2 Å². The first kappa shape index (κ1) is 15.0. The van der Waals surface area contributed by atoms with Crippen molar-refractivity contribution in [3.63, 3.8) is 0 Å². The van der Waals surface area contributed by atoms with Gasteiger partial charge in [-0.1, -0.05) is 28.1 Å². The first-order chi connectivity index (χ1) is 9.69. The van der Waals surface area contributed by atoms with Crippen LogP contribution in [0.2, 0.25) is 0 Å². The molecule has 0 bridgehead atoms. The van der Waals surface area contributed by atoms with Crippen molar-refractivity contribution in [2.45, 2.75) is 26.5 Å². The van der Waals surface area contributed by atoms with Crippen LogP contribution in [0.3, 0.4) is 0 Å². The predicted octanol–water partition coefficient (Wildman–Crippen LogP) is 2.66. The summed E-state index contributed by atoms with van der Waals surface area (Å²) in [5.74, 6) is 0.877. The minimum absolute atomic E-state index is 0.427. The lowest BCUT2D eigenvalue weighted by atomic mass is 10.2. The van der Waals surface area contributed by atoms with Gasteiger partial charge in [0.1, 0.15) is 18.1 Å². The Hall–Kier alpha value is -1.40. The number of benzene rings is 1. The standard InChI is InChI=1S/C14H19BrN4O/c1-3-6-16-8-11-7-12(15)4-5-14(11)20-10-13-9-19(2)18-17-13/h4-5,7,9,16H,3,6,8,10H2,1-2H3. The largest absolute Gasteiger partial charge is 0.487 e. The van der Waals surface area contributed by atoms with E-state index in [0.717, 1.165) is 41.0 Å².